The number of halogens is 2. The van der Waals surface area contributed by atoms with Crippen LogP contribution in [0.1, 0.15) is 5.56 Å². The van der Waals surface area contributed by atoms with Crippen molar-refractivity contribution in [3.05, 3.63) is 57.5 Å². The van der Waals surface area contributed by atoms with Gasteiger partial charge >= 0.3 is 0 Å². The molecule has 2 aromatic carbocycles. The maximum atomic E-state index is 12.2. The highest BCUT2D eigenvalue weighted by Crippen LogP contribution is 2.30. The molecular formula is C17H10BrClN4O2S. The molecule has 2 aliphatic heterocycles. The number of rotatable bonds is 2. The summed E-state index contributed by atoms with van der Waals surface area (Å²) < 4.78 is 0.832. The maximum Gasteiger partial charge on any atom is 0.276 e. The van der Waals surface area contributed by atoms with Gasteiger partial charge in [0.05, 0.1) is 17.1 Å². The zero-order valence-electron chi connectivity index (χ0n) is 13.1. The normalized spacial score (nSPS) is 19.4. The Morgan fingerprint density at radius 2 is 2.00 bits per heavy atom. The Bertz CT molecular complexity index is 1010. The average molecular weight is 450 g/mol. The van der Waals surface area contributed by atoms with Gasteiger partial charge in [-0.1, -0.05) is 45.4 Å². The highest BCUT2D eigenvalue weighted by molar-refractivity contribution is 9.10. The number of fused-ring (bicyclic) bond motifs is 1. The topological polar surface area (TPSA) is 74.1 Å². The van der Waals surface area contributed by atoms with Gasteiger partial charge in [0.15, 0.2) is 10.9 Å². The molecule has 4 rings (SSSR count). The number of nitrogens with zero attached hydrogens (tertiary/aromatic N) is 3. The summed E-state index contributed by atoms with van der Waals surface area (Å²) in [5, 5.41) is 12.0. The van der Waals surface area contributed by atoms with Gasteiger partial charge in [0, 0.05) is 15.1 Å². The fourth-order valence-electron chi connectivity index (χ4n) is 2.62. The van der Waals surface area contributed by atoms with Crippen LogP contribution in [0.4, 0.5) is 11.4 Å². The largest absolute Gasteiger partial charge is 0.320 e. The van der Waals surface area contributed by atoms with Gasteiger partial charge in [0.1, 0.15) is 0 Å². The first-order valence-electron chi connectivity index (χ1n) is 7.51. The summed E-state index contributed by atoms with van der Waals surface area (Å²) in [6.45, 7) is 0. The molecular weight excluding hydrogens is 440 g/mol. The van der Waals surface area contributed by atoms with Crippen LogP contribution in [-0.4, -0.2) is 28.4 Å². The van der Waals surface area contributed by atoms with Crippen molar-refractivity contribution in [1.82, 2.24) is 0 Å². The molecule has 0 spiro atoms. The van der Waals surface area contributed by atoms with E-state index in [-0.39, 0.29) is 23.3 Å². The monoisotopic (exact) mass is 448 g/mol. The van der Waals surface area contributed by atoms with Crippen LogP contribution in [0.25, 0.3) is 0 Å². The molecule has 1 saturated heterocycles. The van der Waals surface area contributed by atoms with Crippen LogP contribution in [0.3, 0.4) is 0 Å². The number of benzene rings is 2. The summed E-state index contributed by atoms with van der Waals surface area (Å²) in [6, 6.07) is 12.4. The zero-order chi connectivity index (χ0) is 18.3. The number of amides is 2. The minimum atomic E-state index is -0.328. The average Bonchev–Trinajstić information content (AvgIpc) is 3.12. The van der Waals surface area contributed by atoms with E-state index in [2.05, 4.69) is 31.4 Å². The zero-order valence-corrected chi connectivity index (χ0v) is 16.2. The second kappa shape index (κ2) is 6.86. The smallest absolute Gasteiger partial charge is 0.276 e. The first-order valence-corrected chi connectivity index (χ1v) is 9.67. The number of nitrogens with one attached hydrogen (secondary N) is 1. The number of thioether (sulfide) groups is 1. The molecule has 0 aromatic heterocycles. The van der Waals surface area contributed by atoms with Crippen molar-refractivity contribution in [2.75, 3.05) is 16.0 Å². The van der Waals surface area contributed by atoms with E-state index in [1.54, 1.807) is 36.4 Å². The molecule has 2 aromatic rings. The third-order valence-electron chi connectivity index (χ3n) is 3.77. The molecule has 2 aliphatic rings. The first-order chi connectivity index (χ1) is 12.5. The van der Waals surface area contributed by atoms with E-state index in [0.29, 0.717) is 27.1 Å². The molecule has 2 heterocycles. The Morgan fingerprint density at radius 3 is 2.81 bits per heavy atom. The predicted octanol–water partition coefficient (Wildman–Crippen LogP) is 3.89. The number of amidine groups is 1. The van der Waals surface area contributed by atoms with E-state index in [9.17, 15) is 9.59 Å². The summed E-state index contributed by atoms with van der Waals surface area (Å²) in [4.78, 5) is 25.9. The van der Waals surface area contributed by atoms with Crippen LogP contribution in [-0.2, 0) is 9.59 Å². The van der Waals surface area contributed by atoms with E-state index in [1.807, 2.05) is 6.07 Å². The van der Waals surface area contributed by atoms with Gasteiger partial charge < -0.3 is 5.32 Å². The third kappa shape index (κ3) is 3.15. The van der Waals surface area contributed by atoms with Gasteiger partial charge in [-0.2, -0.15) is 0 Å². The molecule has 0 aliphatic carbocycles. The molecule has 0 unspecified atom stereocenters. The summed E-state index contributed by atoms with van der Waals surface area (Å²) >= 11 is 10.7. The van der Waals surface area contributed by atoms with Crippen molar-refractivity contribution in [3.63, 3.8) is 0 Å². The second-order valence-corrected chi connectivity index (χ2v) is 7.77. The summed E-state index contributed by atoms with van der Waals surface area (Å²) in [5.41, 5.74) is 2.17. The molecule has 0 atom stereocenters. The Hall–Kier alpha value is -2.16. The highest BCUT2D eigenvalue weighted by atomic mass is 79.9. The molecule has 1 fully saturated rings. The van der Waals surface area contributed by atoms with Gasteiger partial charge in [-0.25, -0.2) is 0 Å². The van der Waals surface area contributed by atoms with Gasteiger partial charge in [0.25, 0.3) is 5.91 Å². The fraction of sp³-hybridized carbons (Fsp3) is 0.0588. The van der Waals surface area contributed by atoms with Crippen LogP contribution in [0.15, 0.2) is 57.1 Å². The quantitative estimate of drug-likeness (QED) is 0.707. The van der Waals surface area contributed by atoms with Gasteiger partial charge in [-0.15, -0.1) is 10.2 Å². The van der Waals surface area contributed by atoms with Crippen LogP contribution in [0, 0.1) is 0 Å². The lowest BCUT2D eigenvalue weighted by molar-refractivity contribution is -0.115. The number of hydrogen-bond acceptors (Lipinski definition) is 5. The molecule has 0 radical (unpaired) electrons. The molecule has 0 saturated carbocycles. The molecule has 1 N–H and O–H groups in total. The molecule has 0 bridgehead atoms. The minimum absolute atomic E-state index is 0.116. The molecule has 9 heteroatoms. The first kappa shape index (κ1) is 17.3. The van der Waals surface area contributed by atoms with E-state index in [4.69, 9.17) is 11.6 Å². The molecule has 26 heavy (non-hydrogen) atoms. The van der Waals surface area contributed by atoms with Crippen molar-refractivity contribution in [2.45, 2.75) is 0 Å². The number of hydrogen-bond donors (Lipinski definition) is 1. The summed E-state index contributed by atoms with van der Waals surface area (Å²) in [5.74, 6) is -0.189. The second-order valence-electron chi connectivity index (χ2n) is 5.47. The van der Waals surface area contributed by atoms with Gasteiger partial charge in [-0.05, 0) is 36.4 Å². The number of carbonyl (C=O) groups excluding carboxylic acids is 2. The summed E-state index contributed by atoms with van der Waals surface area (Å²) in [6.07, 6.45) is 0. The SMILES string of the molecule is O=C1Nc2ccc(Br)cc2C1=NN=C1SCC(=O)N1c1cccc(Cl)c1. The van der Waals surface area contributed by atoms with Crippen LogP contribution in [0.2, 0.25) is 5.02 Å². The fourth-order valence-corrected chi connectivity index (χ4v) is 3.98. The van der Waals surface area contributed by atoms with E-state index >= 15 is 0 Å². The Labute approximate surface area is 166 Å². The van der Waals surface area contributed by atoms with Crippen molar-refractivity contribution < 1.29 is 9.59 Å². The predicted molar refractivity (Wildman–Crippen MR) is 108 cm³/mol. The van der Waals surface area contributed by atoms with Crippen molar-refractivity contribution in [2.24, 2.45) is 10.2 Å². The lowest BCUT2D eigenvalue weighted by atomic mass is 10.1. The Kier molecular flexibility index (Phi) is 4.56. The van der Waals surface area contributed by atoms with E-state index in [1.165, 1.54) is 16.7 Å². The summed E-state index contributed by atoms with van der Waals surface area (Å²) in [7, 11) is 0. The standard InChI is InChI=1S/C17H10BrClN4O2S/c18-9-4-5-13-12(6-9)15(16(25)20-13)21-22-17-23(14(24)8-26-17)11-3-1-2-10(19)7-11/h1-7H,8H2,(H,20,21,25). The third-order valence-corrected chi connectivity index (χ3v) is 5.41. The maximum absolute atomic E-state index is 12.2. The minimum Gasteiger partial charge on any atom is -0.320 e. The molecule has 6 nitrogen and oxygen atoms in total. The van der Waals surface area contributed by atoms with E-state index in [0.717, 1.165) is 4.47 Å². The number of carbonyl (C=O) groups is 2. The molecule has 2 amide bonds. The van der Waals surface area contributed by atoms with E-state index < -0.39 is 0 Å². The van der Waals surface area contributed by atoms with Crippen LogP contribution in [0.5, 0.6) is 0 Å². The van der Waals surface area contributed by atoms with Crippen LogP contribution >= 0.6 is 39.3 Å². The molecule has 130 valence electrons. The van der Waals surface area contributed by atoms with Crippen molar-refractivity contribution >= 4 is 73.4 Å². The van der Waals surface area contributed by atoms with Crippen molar-refractivity contribution in [1.29, 1.82) is 0 Å². The van der Waals surface area contributed by atoms with Gasteiger partial charge in [-0.3, -0.25) is 14.5 Å². The highest BCUT2D eigenvalue weighted by Gasteiger charge is 2.31. The van der Waals surface area contributed by atoms with Gasteiger partial charge in [0.2, 0.25) is 5.91 Å². The number of anilines is 2. The lowest BCUT2D eigenvalue weighted by Gasteiger charge is -2.15. The lowest BCUT2D eigenvalue weighted by Crippen LogP contribution is -2.29. The van der Waals surface area contributed by atoms with Crippen LogP contribution < -0.4 is 10.2 Å². The Morgan fingerprint density at radius 1 is 1.15 bits per heavy atom. The Balaban J connectivity index is 1.72. The van der Waals surface area contributed by atoms with Crippen molar-refractivity contribution in [3.8, 4) is 0 Å².